The molecule has 13 heavy (non-hydrogen) atoms. The minimum Gasteiger partial charge on any atom is -0.0530 e. The van der Waals surface area contributed by atoms with Crippen LogP contribution in [0.1, 0.15) is 57.8 Å². The number of fused-ring (bicyclic) bond motifs is 3. The van der Waals surface area contributed by atoms with E-state index in [0.717, 1.165) is 5.92 Å². The molecule has 3 aliphatic rings. The fourth-order valence-electron chi connectivity index (χ4n) is 4.57. The zero-order valence-corrected chi connectivity index (χ0v) is 8.67. The first kappa shape index (κ1) is 8.32. The third-order valence-electron chi connectivity index (χ3n) is 5.14. The quantitative estimate of drug-likeness (QED) is 0.526. The molecule has 0 heteroatoms. The van der Waals surface area contributed by atoms with Crippen molar-refractivity contribution in [1.29, 1.82) is 0 Å². The van der Waals surface area contributed by atoms with Gasteiger partial charge in [0.15, 0.2) is 0 Å². The van der Waals surface area contributed by atoms with Gasteiger partial charge in [-0.1, -0.05) is 32.1 Å². The fourth-order valence-corrected chi connectivity index (χ4v) is 4.57. The smallest absolute Gasteiger partial charge is 0.0355 e. The summed E-state index contributed by atoms with van der Waals surface area (Å²) in [6.07, 6.45) is 14.2. The van der Waals surface area contributed by atoms with E-state index in [1.165, 1.54) is 17.8 Å². The standard InChI is InChI=1S/C13H22/c1-2-6-12-10(4-1)8-9-11-5-3-7-13(11)12/h10-13H,1-9H2/t10?,11?,12-,13?/m1/s1. The Hall–Kier alpha value is 0. The van der Waals surface area contributed by atoms with Gasteiger partial charge in [0.1, 0.15) is 0 Å². The van der Waals surface area contributed by atoms with Gasteiger partial charge in [-0.2, -0.15) is 0 Å². The lowest BCUT2D eigenvalue weighted by atomic mass is 9.62. The Morgan fingerprint density at radius 2 is 1.00 bits per heavy atom. The Bertz CT molecular complexity index is 184. The van der Waals surface area contributed by atoms with E-state index in [1.54, 1.807) is 57.8 Å². The molecule has 0 spiro atoms. The van der Waals surface area contributed by atoms with E-state index in [4.69, 9.17) is 0 Å². The highest BCUT2D eigenvalue weighted by Gasteiger charge is 2.41. The van der Waals surface area contributed by atoms with Crippen molar-refractivity contribution >= 4 is 0 Å². The largest absolute Gasteiger partial charge is 0.0530 e. The van der Waals surface area contributed by atoms with Crippen LogP contribution in [0.15, 0.2) is 0 Å². The predicted molar refractivity (Wildman–Crippen MR) is 55.5 cm³/mol. The van der Waals surface area contributed by atoms with Crippen LogP contribution in [0, 0.1) is 23.7 Å². The highest BCUT2D eigenvalue weighted by atomic mass is 14.5. The van der Waals surface area contributed by atoms with Gasteiger partial charge < -0.3 is 0 Å². The number of hydrogen-bond acceptors (Lipinski definition) is 0. The molecule has 0 aliphatic heterocycles. The van der Waals surface area contributed by atoms with Crippen LogP contribution >= 0.6 is 0 Å². The summed E-state index contributed by atoms with van der Waals surface area (Å²) < 4.78 is 0. The van der Waals surface area contributed by atoms with Gasteiger partial charge in [-0.3, -0.25) is 0 Å². The molecule has 4 atom stereocenters. The Kier molecular flexibility index (Phi) is 2.11. The zero-order chi connectivity index (χ0) is 8.67. The van der Waals surface area contributed by atoms with E-state index < -0.39 is 0 Å². The van der Waals surface area contributed by atoms with Crippen molar-refractivity contribution in [2.45, 2.75) is 57.8 Å². The second-order valence-electron chi connectivity index (χ2n) is 5.64. The van der Waals surface area contributed by atoms with Crippen molar-refractivity contribution in [3.05, 3.63) is 0 Å². The maximum absolute atomic E-state index is 1.59. The summed E-state index contributed by atoms with van der Waals surface area (Å²) in [4.78, 5) is 0. The predicted octanol–water partition coefficient (Wildman–Crippen LogP) is 4.00. The third kappa shape index (κ3) is 1.33. The van der Waals surface area contributed by atoms with Gasteiger partial charge >= 0.3 is 0 Å². The molecule has 3 saturated carbocycles. The first-order valence-corrected chi connectivity index (χ1v) is 6.45. The van der Waals surface area contributed by atoms with Crippen LogP contribution in [0.5, 0.6) is 0 Å². The van der Waals surface area contributed by atoms with E-state index in [9.17, 15) is 0 Å². The summed E-state index contributed by atoms with van der Waals surface area (Å²) in [6.45, 7) is 0. The molecular formula is C13H22. The summed E-state index contributed by atoms with van der Waals surface area (Å²) in [7, 11) is 0. The molecule has 3 unspecified atom stereocenters. The molecule has 3 rings (SSSR count). The molecule has 74 valence electrons. The summed E-state index contributed by atoms with van der Waals surface area (Å²) in [5.74, 6) is 4.68. The lowest BCUT2D eigenvalue weighted by Gasteiger charge is -2.43. The maximum atomic E-state index is 1.59. The van der Waals surface area contributed by atoms with Gasteiger partial charge in [-0.05, 0) is 49.4 Å². The van der Waals surface area contributed by atoms with Crippen molar-refractivity contribution in [1.82, 2.24) is 0 Å². The lowest BCUT2D eigenvalue weighted by Crippen LogP contribution is -2.33. The molecule has 3 fully saturated rings. The third-order valence-corrected chi connectivity index (χ3v) is 5.14. The van der Waals surface area contributed by atoms with Crippen LogP contribution in [0.25, 0.3) is 0 Å². The maximum Gasteiger partial charge on any atom is -0.0355 e. The van der Waals surface area contributed by atoms with Crippen molar-refractivity contribution in [3.8, 4) is 0 Å². The zero-order valence-electron chi connectivity index (χ0n) is 8.67. The summed E-state index contributed by atoms with van der Waals surface area (Å²) >= 11 is 0. The topological polar surface area (TPSA) is 0 Å². The number of hydrogen-bond donors (Lipinski definition) is 0. The van der Waals surface area contributed by atoms with Crippen LogP contribution < -0.4 is 0 Å². The first-order valence-electron chi connectivity index (χ1n) is 6.45. The Morgan fingerprint density at radius 1 is 0.462 bits per heavy atom. The highest BCUT2D eigenvalue weighted by Crippen LogP contribution is 2.52. The first-order chi connectivity index (χ1) is 6.45. The van der Waals surface area contributed by atoms with E-state index in [-0.39, 0.29) is 0 Å². The highest BCUT2D eigenvalue weighted by molar-refractivity contribution is 4.92. The van der Waals surface area contributed by atoms with Crippen LogP contribution in [-0.2, 0) is 0 Å². The van der Waals surface area contributed by atoms with Gasteiger partial charge in [0.2, 0.25) is 0 Å². The van der Waals surface area contributed by atoms with Crippen molar-refractivity contribution in [2.24, 2.45) is 23.7 Å². The second kappa shape index (κ2) is 3.29. The van der Waals surface area contributed by atoms with Crippen LogP contribution in [0.4, 0.5) is 0 Å². The van der Waals surface area contributed by atoms with Crippen LogP contribution in [0.3, 0.4) is 0 Å². The van der Waals surface area contributed by atoms with E-state index >= 15 is 0 Å². The SMILES string of the molecule is C1CC[C@@H]2C(C1)CCC1CCCC12. The monoisotopic (exact) mass is 178 g/mol. The van der Waals surface area contributed by atoms with E-state index in [2.05, 4.69) is 0 Å². The summed E-state index contributed by atoms with van der Waals surface area (Å²) in [5.41, 5.74) is 0. The lowest BCUT2D eigenvalue weighted by molar-refractivity contribution is 0.0729. The molecule has 3 aliphatic carbocycles. The van der Waals surface area contributed by atoms with Crippen molar-refractivity contribution < 1.29 is 0 Å². The molecule has 0 nitrogen and oxygen atoms in total. The second-order valence-corrected chi connectivity index (χ2v) is 5.64. The average Bonchev–Trinajstić information content (AvgIpc) is 2.65. The Morgan fingerprint density at radius 3 is 1.77 bits per heavy atom. The molecular weight excluding hydrogens is 156 g/mol. The summed E-state index contributed by atoms with van der Waals surface area (Å²) in [5, 5.41) is 0. The fraction of sp³-hybridized carbons (Fsp3) is 1.00. The van der Waals surface area contributed by atoms with E-state index in [0.29, 0.717) is 0 Å². The van der Waals surface area contributed by atoms with Crippen LogP contribution in [-0.4, -0.2) is 0 Å². The summed E-state index contributed by atoms with van der Waals surface area (Å²) in [6, 6.07) is 0. The molecule has 0 N–H and O–H groups in total. The van der Waals surface area contributed by atoms with Gasteiger partial charge in [-0.15, -0.1) is 0 Å². The molecule has 0 bridgehead atoms. The van der Waals surface area contributed by atoms with Gasteiger partial charge in [0, 0.05) is 0 Å². The minimum absolute atomic E-state index is 1.16. The normalized spacial score (nSPS) is 49.8. The van der Waals surface area contributed by atoms with E-state index in [1.807, 2.05) is 0 Å². The molecule has 0 aromatic rings. The molecule has 0 aromatic carbocycles. The Balaban J connectivity index is 1.77. The Labute approximate surface area is 82.1 Å². The number of rotatable bonds is 0. The van der Waals surface area contributed by atoms with Gasteiger partial charge in [-0.25, -0.2) is 0 Å². The van der Waals surface area contributed by atoms with Gasteiger partial charge in [0.25, 0.3) is 0 Å². The van der Waals surface area contributed by atoms with Crippen molar-refractivity contribution in [2.75, 3.05) is 0 Å². The molecule has 0 radical (unpaired) electrons. The molecule has 0 aromatic heterocycles. The molecule has 0 amide bonds. The van der Waals surface area contributed by atoms with Crippen molar-refractivity contribution in [3.63, 3.8) is 0 Å². The van der Waals surface area contributed by atoms with Gasteiger partial charge in [0.05, 0.1) is 0 Å². The average molecular weight is 178 g/mol. The molecule has 0 heterocycles. The molecule has 0 saturated heterocycles. The minimum atomic E-state index is 1.16. The van der Waals surface area contributed by atoms with Crippen LogP contribution in [0.2, 0.25) is 0 Å².